The van der Waals surface area contributed by atoms with Crippen LogP contribution < -0.4 is 28.4 Å². The van der Waals surface area contributed by atoms with Gasteiger partial charge in [-0.25, -0.2) is 0 Å². The smallest absolute Gasteiger partial charge is 0.126 e. The van der Waals surface area contributed by atoms with Gasteiger partial charge in [-0.2, -0.15) is 0 Å². The van der Waals surface area contributed by atoms with Crippen LogP contribution in [0.1, 0.15) is 34.1 Å². The molecule has 6 heteroatoms. The summed E-state index contributed by atoms with van der Waals surface area (Å²) < 4.78 is 33.8. The van der Waals surface area contributed by atoms with E-state index in [1.54, 1.807) is 42.7 Å². The molecule has 3 aromatic rings. The summed E-state index contributed by atoms with van der Waals surface area (Å²) in [5, 5.41) is 0. The van der Waals surface area contributed by atoms with Crippen molar-refractivity contribution in [2.24, 2.45) is 0 Å². The molecule has 0 aromatic heterocycles. The van der Waals surface area contributed by atoms with Crippen molar-refractivity contribution in [3.8, 4) is 34.5 Å². The molecule has 0 heterocycles. The Morgan fingerprint density at radius 2 is 1.15 bits per heavy atom. The molecule has 0 radical (unpaired) electrons. The Labute approximate surface area is 195 Å². The summed E-state index contributed by atoms with van der Waals surface area (Å²) in [5.74, 6) is 4.69. The monoisotopic (exact) mass is 450 g/mol. The van der Waals surface area contributed by atoms with E-state index in [1.165, 1.54) is 5.56 Å². The van der Waals surface area contributed by atoms with Crippen LogP contribution in [-0.2, 0) is 6.42 Å². The fraction of sp³-hybridized carbons (Fsp3) is 0.333. The maximum Gasteiger partial charge on any atom is 0.126 e. The predicted molar refractivity (Wildman–Crippen MR) is 127 cm³/mol. The van der Waals surface area contributed by atoms with Gasteiger partial charge in [-0.1, -0.05) is 6.07 Å². The molecule has 0 amide bonds. The lowest BCUT2D eigenvalue weighted by Crippen LogP contribution is -2.11. The molecule has 174 valence electrons. The Kier molecular flexibility index (Phi) is 6.54. The lowest BCUT2D eigenvalue weighted by molar-refractivity contribution is 0.383. The van der Waals surface area contributed by atoms with Crippen molar-refractivity contribution in [1.29, 1.82) is 0 Å². The Morgan fingerprint density at radius 1 is 0.576 bits per heavy atom. The highest BCUT2D eigenvalue weighted by Gasteiger charge is 2.39. The SMILES string of the molecule is COc1cc(OC)cc([C@H]2c3c(cc(OC)cc3OC)CC2c2ccc(OC)cc2OC)c1. The van der Waals surface area contributed by atoms with Gasteiger partial charge < -0.3 is 28.4 Å². The van der Waals surface area contributed by atoms with E-state index in [1.807, 2.05) is 24.3 Å². The van der Waals surface area contributed by atoms with Gasteiger partial charge in [0.15, 0.2) is 0 Å². The largest absolute Gasteiger partial charge is 0.497 e. The molecule has 6 nitrogen and oxygen atoms in total. The number of benzene rings is 3. The summed E-state index contributed by atoms with van der Waals surface area (Å²) in [4.78, 5) is 0. The summed E-state index contributed by atoms with van der Waals surface area (Å²) in [5.41, 5.74) is 4.50. The van der Waals surface area contributed by atoms with Crippen LogP contribution in [0.3, 0.4) is 0 Å². The second-order valence-corrected chi connectivity index (χ2v) is 7.94. The molecular weight excluding hydrogens is 420 g/mol. The van der Waals surface area contributed by atoms with Crippen molar-refractivity contribution in [2.45, 2.75) is 18.3 Å². The summed E-state index contributed by atoms with van der Waals surface area (Å²) in [6, 6.07) is 16.0. The molecule has 0 bridgehead atoms. The van der Waals surface area contributed by atoms with Crippen molar-refractivity contribution in [2.75, 3.05) is 42.7 Å². The van der Waals surface area contributed by atoms with Gasteiger partial charge in [0.2, 0.25) is 0 Å². The zero-order valence-electron chi connectivity index (χ0n) is 19.9. The first-order chi connectivity index (χ1) is 16.1. The molecule has 33 heavy (non-hydrogen) atoms. The van der Waals surface area contributed by atoms with Crippen LogP contribution in [0.25, 0.3) is 0 Å². The summed E-state index contributed by atoms with van der Waals surface area (Å²) >= 11 is 0. The minimum atomic E-state index is -0.00727. The van der Waals surface area contributed by atoms with Gasteiger partial charge in [0, 0.05) is 35.6 Å². The van der Waals surface area contributed by atoms with Crippen LogP contribution in [0.15, 0.2) is 48.5 Å². The first-order valence-corrected chi connectivity index (χ1v) is 10.8. The second-order valence-electron chi connectivity index (χ2n) is 7.94. The fourth-order valence-electron chi connectivity index (χ4n) is 4.84. The average molecular weight is 451 g/mol. The highest BCUT2D eigenvalue weighted by molar-refractivity contribution is 5.60. The lowest BCUT2D eigenvalue weighted by atomic mass is 9.81. The highest BCUT2D eigenvalue weighted by atomic mass is 16.5. The van der Waals surface area contributed by atoms with Gasteiger partial charge >= 0.3 is 0 Å². The zero-order chi connectivity index (χ0) is 23.5. The Balaban J connectivity index is 1.95. The third-order valence-corrected chi connectivity index (χ3v) is 6.38. The Morgan fingerprint density at radius 3 is 1.73 bits per heavy atom. The molecule has 4 rings (SSSR count). The van der Waals surface area contributed by atoms with E-state index in [2.05, 4.69) is 24.3 Å². The lowest BCUT2D eigenvalue weighted by Gasteiger charge is -2.25. The van der Waals surface area contributed by atoms with E-state index < -0.39 is 0 Å². The van der Waals surface area contributed by atoms with Crippen molar-refractivity contribution in [3.63, 3.8) is 0 Å². The third kappa shape index (κ3) is 4.13. The molecule has 0 fully saturated rings. The molecule has 0 aliphatic heterocycles. The maximum absolute atomic E-state index is 5.85. The van der Waals surface area contributed by atoms with Crippen molar-refractivity contribution in [3.05, 3.63) is 70.8 Å². The molecule has 0 N–H and O–H groups in total. The Bertz CT molecular complexity index is 1120. The Hall–Kier alpha value is -3.54. The van der Waals surface area contributed by atoms with E-state index in [0.717, 1.165) is 57.6 Å². The normalized spacial score (nSPS) is 16.7. The quantitative estimate of drug-likeness (QED) is 0.470. The van der Waals surface area contributed by atoms with Gasteiger partial charge in [0.25, 0.3) is 0 Å². The zero-order valence-corrected chi connectivity index (χ0v) is 19.9. The van der Waals surface area contributed by atoms with Crippen molar-refractivity contribution >= 4 is 0 Å². The molecule has 1 aliphatic carbocycles. The topological polar surface area (TPSA) is 55.4 Å². The van der Waals surface area contributed by atoms with Gasteiger partial charge in [-0.3, -0.25) is 0 Å². The first kappa shape index (κ1) is 22.6. The van der Waals surface area contributed by atoms with E-state index in [-0.39, 0.29) is 11.8 Å². The van der Waals surface area contributed by atoms with Crippen molar-refractivity contribution < 1.29 is 28.4 Å². The summed E-state index contributed by atoms with van der Waals surface area (Å²) in [6.45, 7) is 0. The van der Waals surface area contributed by atoms with Crippen LogP contribution >= 0.6 is 0 Å². The average Bonchev–Trinajstić information content (AvgIpc) is 3.26. The van der Waals surface area contributed by atoms with Crippen LogP contribution in [0.2, 0.25) is 0 Å². The number of methoxy groups -OCH3 is 6. The minimum Gasteiger partial charge on any atom is -0.497 e. The molecule has 0 saturated heterocycles. The van der Waals surface area contributed by atoms with Gasteiger partial charge in [-0.05, 0) is 47.4 Å². The fourth-order valence-corrected chi connectivity index (χ4v) is 4.84. The number of hydrogen-bond acceptors (Lipinski definition) is 6. The number of ether oxygens (including phenoxy) is 6. The van der Waals surface area contributed by atoms with Gasteiger partial charge in [0.05, 0.1) is 42.7 Å². The standard InChI is InChI=1S/C27H30O6/c1-28-18-7-8-22(24(14-18)32-5)23-12-17-11-21(31-4)15-25(33-6)27(17)26(23)16-9-19(29-2)13-20(10-16)30-3/h7-11,13-15,23,26H,12H2,1-6H3/t23?,26-/m1/s1. The van der Waals surface area contributed by atoms with Gasteiger partial charge in [0.1, 0.15) is 34.5 Å². The molecule has 1 unspecified atom stereocenters. The minimum absolute atomic E-state index is 0.00727. The third-order valence-electron chi connectivity index (χ3n) is 6.38. The van der Waals surface area contributed by atoms with E-state index >= 15 is 0 Å². The van der Waals surface area contributed by atoms with Crippen LogP contribution in [-0.4, -0.2) is 42.7 Å². The summed E-state index contributed by atoms with van der Waals surface area (Å²) in [6.07, 6.45) is 0.801. The molecule has 0 saturated carbocycles. The van der Waals surface area contributed by atoms with Crippen LogP contribution in [0, 0.1) is 0 Å². The molecule has 0 spiro atoms. The van der Waals surface area contributed by atoms with Gasteiger partial charge in [-0.15, -0.1) is 0 Å². The van der Waals surface area contributed by atoms with Crippen molar-refractivity contribution in [1.82, 2.24) is 0 Å². The summed E-state index contributed by atoms with van der Waals surface area (Å²) in [7, 11) is 10.0. The molecule has 3 aromatic carbocycles. The van der Waals surface area contributed by atoms with E-state index in [0.29, 0.717) is 0 Å². The number of rotatable bonds is 8. The second kappa shape index (κ2) is 9.53. The van der Waals surface area contributed by atoms with E-state index in [4.69, 9.17) is 28.4 Å². The van der Waals surface area contributed by atoms with Crippen LogP contribution in [0.4, 0.5) is 0 Å². The highest BCUT2D eigenvalue weighted by Crippen LogP contribution is 2.54. The first-order valence-electron chi connectivity index (χ1n) is 10.8. The van der Waals surface area contributed by atoms with Crippen LogP contribution in [0.5, 0.6) is 34.5 Å². The van der Waals surface area contributed by atoms with E-state index in [9.17, 15) is 0 Å². The molecular formula is C27H30O6. The maximum atomic E-state index is 5.85. The molecule has 1 aliphatic rings. The predicted octanol–water partition coefficient (Wildman–Crippen LogP) is 5.21. The number of hydrogen-bond donors (Lipinski definition) is 0. The number of fused-ring (bicyclic) bond motifs is 1. The molecule has 2 atom stereocenters.